The number of hydrogen-bond acceptors (Lipinski definition) is 4. The van der Waals surface area contributed by atoms with E-state index < -0.39 is 12.4 Å². The molecule has 0 saturated carbocycles. The number of alkyl halides is 2. The number of benzene rings is 1. The summed E-state index contributed by atoms with van der Waals surface area (Å²) in [5.41, 5.74) is -0.0204. The maximum atomic E-state index is 14.1. The van der Waals surface area contributed by atoms with Crippen LogP contribution >= 0.6 is 0 Å². The summed E-state index contributed by atoms with van der Waals surface area (Å²) in [7, 11) is 0. The van der Waals surface area contributed by atoms with E-state index in [9.17, 15) is 18.0 Å². The lowest BCUT2D eigenvalue weighted by atomic mass is 10.1. The van der Waals surface area contributed by atoms with Crippen LogP contribution in [0.4, 0.5) is 13.2 Å². The van der Waals surface area contributed by atoms with Gasteiger partial charge in [0.2, 0.25) is 5.91 Å². The van der Waals surface area contributed by atoms with Crippen molar-refractivity contribution in [1.82, 2.24) is 20.9 Å². The van der Waals surface area contributed by atoms with Gasteiger partial charge in [-0.15, -0.1) is 0 Å². The van der Waals surface area contributed by atoms with Crippen LogP contribution in [0.1, 0.15) is 38.7 Å². The number of likely N-dealkylation sites (tertiary alicyclic amines) is 1. The number of guanidine groups is 1. The maximum Gasteiger partial charge on any atom is 0.387 e. The Balaban J connectivity index is 1.92. The van der Waals surface area contributed by atoms with Gasteiger partial charge in [-0.25, -0.2) is 9.38 Å². The third-order valence-corrected chi connectivity index (χ3v) is 4.90. The van der Waals surface area contributed by atoms with Gasteiger partial charge in [0, 0.05) is 32.2 Å². The molecule has 1 fully saturated rings. The standard InChI is InChI=1S/C21H32F3N5O2/c1-3-10-26-19(30)14-29-11-8-15(9-12-29)28-21(25-4-2)27-13-16-17(22)6-5-7-18(16)31-20(23)24/h5-7,15,20H,3-4,8-14H2,1-2H3,(H,26,30)(H2,25,27,28). The SMILES string of the molecule is CCCNC(=O)CN1CCC(NC(=NCc2c(F)cccc2OC(F)F)NCC)CC1. The van der Waals surface area contributed by atoms with Crippen LogP contribution in [-0.4, -0.2) is 62.1 Å². The molecular weight excluding hydrogens is 411 g/mol. The largest absolute Gasteiger partial charge is 0.434 e. The van der Waals surface area contributed by atoms with Gasteiger partial charge >= 0.3 is 6.61 Å². The fourth-order valence-electron chi connectivity index (χ4n) is 3.33. The molecule has 10 heteroatoms. The summed E-state index contributed by atoms with van der Waals surface area (Å²) >= 11 is 0. The lowest BCUT2D eigenvalue weighted by molar-refractivity contribution is -0.122. The van der Waals surface area contributed by atoms with Gasteiger partial charge in [-0.2, -0.15) is 8.78 Å². The van der Waals surface area contributed by atoms with Gasteiger partial charge in [-0.1, -0.05) is 13.0 Å². The van der Waals surface area contributed by atoms with E-state index in [4.69, 9.17) is 0 Å². The molecule has 1 aliphatic heterocycles. The molecule has 0 radical (unpaired) electrons. The summed E-state index contributed by atoms with van der Waals surface area (Å²) in [5, 5.41) is 9.29. The second kappa shape index (κ2) is 13.0. The first-order valence-corrected chi connectivity index (χ1v) is 10.7. The van der Waals surface area contributed by atoms with E-state index >= 15 is 0 Å². The third kappa shape index (κ3) is 8.64. The highest BCUT2D eigenvalue weighted by molar-refractivity contribution is 5.80. The first-order valence-electron chi connectivity index (χ1n) is 10.7. The van der Waals surface area contributed by atoms with Crippen LogP contribution in [-0.2, 0) is 11.3 Å². The predicted molar refractivity (Wildman–Crippen MR) is 114 cm³/mol. The number of piperidine rings is 1. The number of ether oxygens (including phenoxy) is 1. The molecular formula is C21H32F3N5O2. The van der Waals surface area contributed by atoms with Gasteiger partial charge in [0.15, 0.2) is 5.96 Å². The van der Waals surface area contributed by atoms with Crippen molar-refractivity contribution in [2.24, 2.45) is 4.99 Å². The quantitative estimate of drug-likeness (QED) is 0.383. The Morgan fingerprint density at radius 3 is 2.65 bits per heavy atom. The van der Waals surface area contributed by atoms with Crippen molar-refractivity contribution in [3.8, 4) is 5.75 Å². The minimum absolute atomic E-state index is 0.0204. The van der Waals surface area contributed by atoms with Crippen LogP contribution in [0.2, 0.25) is 0 Å². The Hall–Kier alpha value is -2.49. The number of carbonyl (C=O) groups excluding carboxylic acids is 1. The molecule has 31 heavy (non-hydrogen) atoms. The highest BCUT2D eigenvalue weighted by Crippen LogP contribution is 2.24. The molecule has 1 saturated heterocycles. The number of rotatable bonds is 10. The van der Waals surface area contributed by atoms with E-state index in [1.54, 1.807) is 0 Å². The summed E-state index contributed by atoms with van der Waals surface area (Å²) in [5.74, 6) is -0.348. The van der Waals surface area contributed by atoms with Gasteiger partial charge in [0.05, 0.1) is 18.7 Å². The molecule has 7 nitrogen and oxygen atoms in total. The Kier molecular flexibility index (Phi) is 10.4. The van der Waals surface area contributed by atoms with Crippen molar-refractivity contribution < 1.29 is 22.7 Å². The van der Waals surface area contributed by atoms with Crippen molar-refractivity contribution in [3.63, 3.8) is 0 Å². The molecule has 0 spiro atoms. The highest BCUT2D eigenvalue weighted by atomic mass is 19.3. The molecule has 1 aromatic carbocycles. The third-order valence-electron chi connectivity index (χ3n) is 4.90. The summed E-state index contributed by atoms with van der Waals surface area (Å²) in [6.07, 6.45) is 2.56. The molecule has 2 rings (SSSR count). The smallest absolute Gasteiger partial charge is 0.387 e. The van der Waals surface area contributed by atoms with E-state index in [-0.39, 0.29) is 29.8 Å². The van der Waals surface area contributed by atoms with Crippen molar-refractivity contribution in [2.75, 3.05) is 32.7 Å². The van der Waals surface area contributed by atoms with Crippen molar-refractivity contribution >= 4 is 11.9 Å². The number of halogens is 3. The molecule has 1 aliphatic rings. The van der Waals surface area contributed by atoms with Crippen molar-refractivity contribution in [3.05, 3.63) is 29.6 Å². The second-order valence-electron chi connectivity index (χ2n) is 7.33. The number of nitrogens with zero attached hydrogens (tertiary/aromatic N) is 2. The lowest BCUT2D eigenvalue weighted by Gasteiger charge is -2.32. The monoisotopic (exact) mass is 443 g/mol. The van der Waals surface area contributed by atoms with Crippen LogP contribution in [0, 0.1) is 5.82 Å². The first-order chi connectivity index (χ1) is 14.9. The molecule has 174 valence electrons. The van der Waals surface area contributed by atoms with Crippen LogP contribution in [0.3, 0.4) is 0 Å². The molecule has 1 heterocycles. The number of aliphatic imine (C=N–C) groups is 1. The Morgan fingerprint density at radius 1 is 1.26 bits per heavy atom. The molecule has 1 aromatic rings. The maximum absolute atomic E-state index is 14.1. The minimum atomic E-state index is -3.04. The van der Waals surface area contributed by atoms with E-state index in [0.717, 1.165) is 32.4 Å². The Bertz CT molecular complexity index is 725. The van der Waals surface area contributed by atoms with Gasteiger partial charge in [-0.3, -0.25) is 9.69 Å². The first kappa shape index (κ1) is 24.8. The van der Waals surface area contributed by atoms with Gasteiger partial charge in [-0.05, 0) is 38.3 Å². The topological polar surface area (TPSA) is 78.0 Å². The van der Waals surface area contributed by atoms with Crippen molar-refractivity contribution in [1.29, 1.82) is 0 Å². The fourth-order valence-corrected chi connectivity index (χ4v) is 3.33. The number of nitrogens with one attached hydrogen (secondary N) is 3. The van der Waals surface area contributed by atoms with Gasteiger partial charge in [0.1, 0.15) is 11.6 Å². The number of carbonyl (C=O) groups is 1. The van der Waals surface area contributed by atoms with E-state index in [0.29, 0.717) is 25.6 Å². The summed E-state index contributed by atoms with van der Waals surface area (Å²) in [6, 6.07) is 3.95. The Morgan fingerprint density at radius 2 is 2.00 bits per heavy atom. The summed E-state index contributed by atoms with van der Waals surface area (Å²) < 4.78 is 43.8. The van der Waals surface area contributed by atoms with Gasteiger partial charge in [0.25, 0.3) is 0 Å². The predicted octanol–water partition coefficient (Wildman–Crippen LogP) is 2.47. The highest BCUT2D eigenvalue weighted by Gasteiger charge is 2.21. The average Bonchev–Trinajstić information content (AvgIpc) is 2.73. The van der Waals surface area contributed by atoms with Gasteiger partial charge < -0.3 is 20.7 Å². The van der Waals surface area contributed by atoms with Crippen LogP contribution in [0.5, 0.6) is 5.75 Å². The lowest BCUT2D eigenvalue weighted by Crippen LogP contribution is -2.50. The van der Waals surface area contributed by atoms with Crippen LogP contribution in [0.25, 0.3) is 0 Å². The fraction of sp³-hybridized carbons (Fsp3) is 0.619. The van der Waals surface area contributed by atoms with E-state index in [1.807, 2.05) is 13.8 Å². The van der Waals surface area contributed by atoms with Crippen LogP contribution in [0.15, 0.2) is 23.2 Å². The summed E-state index contributed by atoms with van der Waals surface area (Å²) in [6.45, 7) is 3.97. The molecule has 0 bridgehead atoms. The summed E-state index contributed by atoms with van der Waals surface area (Å²) in [4.78, 5) is 18.3. The second-order valence-corrected chi connectivity index (χ2v) is 7.33. The molecule has 1 amide bonds. The minimum Gasteiger partial charge on any atom is -0.434 e. The van der Waals surface area contributed by atoms with Crippen LogP contribution < -0.4 is 20.7 Å². The average molecular weight is 444 g/mol. The zero-order valence-electron chi connectivity index (χ0n) is 18.1. The molecule has 0 atom stereocenters. The molecule has 3 N–H and O–H groups in total. The molecule has 0 aromatic heterocycles. The zero-order valence-corrected chi connectivity index (χ0v) is 18.1. The number of amides is 1. The normalized spacial score (nSPS) is 15.7. The zero-order chi connectivity index (χ0) is 22.6. The van der Waals surface area contributed by atoms with Crippen molar-refractivity contribution in [2.45, 2.75) is 52.3 Å². The number of hydrogen-bond donors (Lipinski definition) is 3. The Labute approximate surface area is 181 Å². The molecule has 0 unspecified atom stereocenters. The van der Waals surface area contributed by atoms with E-state index in [2.05, 4.69) is 30.6 Å². The van der Waals surface area contributed by atoms with E-state index in [1.165, 1.54) is 18.2 Å². The molecule has 0 aliphatic carbocycles.